The third-order valence-electron chi connectivity index (χ3n) is 11.7. The summed E-state index contributed by atoms with van der Waals surface area (Å²) in [5.74, 6) is 6.21. The molecule has 3 heteroatoms. The zero-order valence-corrected chi connectivity index (χ0v) is 32.8. The second-order valence-corrected chi connectivity index (χ2v) is 15.1. The molecule has 0 bridgehead atoms. The molecule has 0 fully saturated rings. The van der Waals surface area contributed by atoms with Gasteiger partial charge in [-0.1, -0.05) is 133 Å². The molecule has 8 aromatic rings. The van der Waals surface area contributed by atoms with Crippen LogP contribution in [-0.4, -0.2) is 9.13 Å². The highest BCUT2D eigenvalue weighted by molar-refractivity contribution is 6.13. The van der Waals surface area contributed by atoms with Crippen molar-refractivity contribution in [1.29, 1.82) is 0 Å². The lowest BCUT2D eigenvalue weighted by Crippen LogP contribution is -2.21. The molecule has 278 valence electrons. The quantitative estimate of drug-likeness (QED) is 0.161. The van der Waals surface area contributed by atoms with Gasteiger partial charge < -0.3 is 14.5 Å². The molecular formula is C55H43N3. The molecule has 2 aromatic heterocycles. The standard InChI is InChI=1S/C55H43N3/c1-3-4-8-24-46-38(2)57(45-32-29-39(30-33-45)43-35-51(40-18-9-5-10-19-40)56-52(36-43)41-20-11-6-12-21-41)54-37-42(31-34-49(46)54)47-26-17-27-50-48-25-15-16-28-53(48)58(55(47)50)44-22-13-7-14-23-44/h5-30,32-33,35-37,51,56H,31,34H2,1-2H3/b24-8-. The fraction of sp³-hybridized carbons (Fsp3) is 0.0909. The van der Waals surface area contributed by atoms with E-state index in [0.29, 0.717) is 0 Å². The molecule has 1 unspecified atom stereocenters. The Morgan fingerprint density at radius 1 is 0.638 bits per heavy atom. The van der Waals surface area contributed by atoms with E-state index in [9.17, 15) is 0 Å². The highest BCUT2D eigenvalue weighted by atomic mass is 15.0. The molecule has 1 aliphatic heterocycles. The summed E-state index contributed by atoms with van der Waals surface area (Å²) in [4.78, 5) is 0. The van der Waals surface area contributed by atoms with E-state index in [4.69, 9.17) is 0 Å². The number of nitrogens with zero attached hydrogens (tertiary/aromatic N) is 2. The second-order valence-electron chi connectivity index (χ2n) is 15.1. The van der Waals surface area contributed by atoms with Gasteiger partial charge in [-0.3, -0.25) is 0 Å². The summed E-state index contributed by atoms with van der Waals surface area (Å²) in [6.07, 6.45) is 13.2. The van der Waals surface area contributed by atoms with E-state index in [1.165, 1.54) is 83.4 Å². The Bertz CT molecular complexity index is 3010. The Labute approximate surface area is 340 Å². The third kappa shape index (κ3) is 6.20. The van der Waals surface area contributed by atoms with E-state index in [1.54, 1.807) is 0 Å². The maximum absolute atomic E-state index is 3.79. The van der Waals surface area contributed by atoms with E-state index in [0.717, 1.165) is 24.2 Å². The number of hydrogen-bond donors (Lipinski definition) is 1. The fourth-order valence-corrected chi connectivity index (χ4v) is 9.04. The SMILES string of the molecule is CC#C/C=C\c1c2c(n(-c3ccc(C4=CC(c5ccccc5)NC(c5ccccc5)=C4)cc3)c1C)C=C(c1cccc3c4ccccc4n(-c4ccccc4)c13)CC2. The number of dihydropyridines is 1. The fourth-order valence-electron chi connectivity index (χ4n) is 9.04. The number of benzene rings is 6. The average Bonchev–Trinajstić information content (AvgIpc) is 3.78. The summed E-state index contributed by atoms with van der Waals surface area (Å²) in [7, 11) is 0. The van der Waals surface area contributed by atoms with Crippen molar-refractivity contribution in [3.05, 3.63) is 221 Å². The van der Waals surface area contributed by atoms with Crippen molar-refractivity contribution in [3.8, 4) is 23.2 Å². The zero-order chi connectivity index (χ0) is 39.0. The van der Waals surface area contributed by atoms with Crippen LogP contribution in [0.2, 0.25) is 0 Å². The minimum atomic E-state index is 0.0592. The van der Waals surface area contributed by atoms with Crippen LogP contribution in [0.4, 0.5) is 0 Å². The Morgan fingerprint density at radius 3 is 2.10 bits per heavy atom. The monoisotopic (exact) mass is 745 g/mol. The molecule has 58 heavy (non-hydrogen) atoms. The first-order valence-electron chi connectivity index (χ1n) is 20.2. The molecule has 6 aromatic carbocycles. The molecule has 3 heterocycles. The molecule has 0 amide bonds. The number of aromatic nitrogens is 2. The van der Waals surface area contributed by atoms with Crippen LogP contribution in [0.5, 0.6) is 0 Å². The predicted octanol–water partition coefficient (Wildman–Crippen LogP) is 13.2. The minimum Gasteiger partial charge on any atom is -0.374 e. The van der Waals surface area contributed by atoms with E-state index in [2.05, 4.69) is 215 Å². The van der Waals surface area contributed by atoms with E-state index < -0.39 is 0 Å². The number of para-hydroxylation sites is 3. The highest BCUT2D eigenvalue weighted by Crippen LogP contribution is 2.42. The van der Waals surface area contributed by atoms with Crippen molar-refractivity contribution in [2.24, 2.45) is 0 Å². The largest absolute Gasteiger partial charge is 0.374 e. The van der Waals surface area contributed by atoms with Crippen LogP contribution in [0.3, 0.4) is 0 Å². The van der Waals surface area contributed by atoms with Gasteiger partial charge in [0.05, 0.1) is 17.1 Å². The van der Waals surface area contributed by atoms with Gasteiger partial charge in [-0.05, 0) is 126 Å². The van der Waals surface area contributed by atoms with Crippen LogP contribution in [0, 0.1) is 18.8 Å². The van der Waals surface area contributed by atoms with E-state index in [1.807, 2.05) is 13.0 Å². The smallest absolute Gasteiger partial charge is 0.0707 e. The Kier molecular flexibility index (Phi) is 9.09. The normalized spacial score (nSPS) is 15.0. The van der Waals surface area contributed by atoms with Crippen molar-refractivity contribution in [3.63, 3.8) is 0 Å². The molecule has 0 saturated heterocycles. The average molecular weight is 746 g/mol. The van der Waals surface area contributed by atoms with Gasteiger partial charge >= 0.3 is 0 Å². The van der Waals surface area contributed by atoms with Crippen LogP contribution >= 0.6 is 0 Å². The van der Waals surface area contributed by atoms with E-state index in [-0.39, 0.29) is 6.04 Å². The number of allylic oxidation sites excluding steroid dienone is 4. The molecule has 1 aliphatic carbocycles. The van der Waals surface area contributed by atoms with Crippen LogP contribution in [-0.2, 0) is 6.42 Å². The van der Waals surface area contributed by atoms with Crippen molar-refractivity contribution in [2.45, 2.75) is 32.7 Å². The lowest BCUT2D eigenvalue weighted by atomic mass is 9.89. The molecule has 0 saturated carbocycles. The van der Waals surface area contributed by atoms with Gasteiger partial charge in [0.15, 0.2) is 0 Å². The number of nitrogens with one attached hydrogen (secondary N) is 1. The minimum absolute atomic E-state index is 0.0592. The number of hydrogen-bond acceptors (Lipinski definition) is 1. The van der Waals surface area contributed by atoms with Gasteiger partial charge in [0.2, 0.25) is 0 Å². The summed E-state index contributed by atoms with van der Waals surface area (Å²) in [6, 6.07) is 56.9. The summed E-state index contributed by atoms with van der Waals surface area (Å²) < 4.78 is 4.91. The lowest BCUT2D eigenvalue weighted by Gasteiger charge is -2.26. The van der Waals surface area contributed by atoms with Gasteiger partial charge in [0.25, 0.3) is 0 Å². The van der Waals surface area contributed by atoms with Gasteiger partial charge in [-0.15, -0.1) is 5.92 Å². The highest BCUT2D eigenvalue weighted by Gasteiger charge is 2.26. The first kappa shape index (κ1) is 35.2. The molecule has 0 spiro atoms. The maximum Gasteiger partial charge on any atom is 0.0707 e. The van der Waals surface area contributed by atoms with Gasteiger partial charge in [-0.25, -0.2) is 0 Å². The summed E-state index contributed by atoms with van der Waals surface area (Å²) in [6.45, 7) is 4.14. The summed E-state index contributed by atoms with van der Waals surface area (Å²) >= 11 is 0. The second kappa shape index (κ2) is 15.0. The third-order valence-corrected chi connectivity index (χ3v) is 11.7. The molecule has 0 radical (unpaired) electrons. The molecule has 1 atom stereocenters. The van der Waals surface area contributed by atoms with Crippen LogP contribution in [0.1, 0.15) is 64.2 Å². The zero-order valence-electron chi connectivity index (χ0n) is 32.8. The van der Waals surface area contributed by atoms with Crippen molar-refractivity contribution >= 4 is 50.8 Å². The number of rotatable bonds is 7. The summed E-state index contributed by atoms with van der Waals surface area (Å²) in [5, 5.41) is 6.34. The molecule has 3 nitrogen and oxygen atoms in total. The first-order chi connectivity index (χ1) is 28.7. The van der Waals surface area contributed by atoms with Gasteiger partial charge in [0.1, 0.15) is 0 Å². The summed E-state index contributed by atoms with van der Waals surface area (Å²) in [5.41, 5.74) is 18.5. The van der Waals surface area contributed by atoms with Crippen molar-refractivity contribution in [1.82, 2.24) is 14.5 Å². The molecule has 1 N–H and O–H groups in total. The molecule has 10 rings (SSSR count). The first-order valence-corrected chi connectivity index (χ1v) is 20.2. The topological polar surface area (TPSA) is 21.9 Å². The number of fused-ring (bicyclic) bond motifs is 4. The van der Waals surface area contributed by atoms with Crippen LogP contribution in [0.25, 0.3) is 62.2 Å². The Hall–Kier alpha value is -7.28. The van der Waals surface area contributed by atoms with Crippen molar-refractivity contribution in [2.75, 3.05) is 0 Å². The van der Waals surface area contributed by atoms with Crippen molar-refractivity contribution < 1.29 is 0 Å². The molecule has 2 aliphatic rings. The van der Waals surface area contributed by atoms with E-state index >= 15 is 0 Å². The molecular weight excluding hydrogens is 703 g/mol. The van der Waals surface area contributed by atoms with Gasteiger partial charge in [-0.2, -0.15) is 0 Å². The maximum atomic E-state index is 3.79. The van der Waals surface area contributed by atoms with Crippen LogP contribution < -0.4 is 5.32 Å². The lowest BCUT2D eigenvalue weighted by molar-refractivity contribution is 0.767. The van der Waals surface area contributed by atoms with Gasteiger partial charge in [0, 0.05) is 44.8 Å². The Balaban J connectivity index is 1.11. The van der Waals surface area contributed by atoms with Crippen LogP contribution in [0.15, 0.2) is 176 Å². The predicted molar refractivity (Wildman–Crippen MR) is 245 cm³/mol. The Morgan fingerprint density at radius 2 is 1.33 bits per heavy atom.